The molecule has 12 heavy (non-hydrogen) atoms. The van der Waals surface area contributed by atoms with Crippen LogP contribution in [0.2, 0.25) is 0 Å². The number of hydrogen-bond acceptors (Lipinski definition) is 1. The zero-order valence-electron chi connectivity index (χ0n) is 7.69. The minimum Gasteiger partial charge on any atom is -0.322 e. The molecule has 0 spiro atoms. The molecule has 2 nitrogen and oxygen atoms in total. The first-order chi connectivity index (χ1) is 5.52. The van der Waals surface area contributed by atoms with Gasteiger partial charge in [-0.05, 0) is 32.4 Å². The fourth-order valence-electron chi connectivity index (χ4n) is 1.02. The van der Waals surface area contributed by atoms with E-state index in [1.807, 2.05) is 26.8 Å². The van der Waals surface area contributed by atoms with Gasteiger partial charge in [0.25, 0.3) is 5.91 Å². The molecule has 0 unspecified atom stereocenters. The maximum Gasteiger partial charge on any atom is 0.255 e. The normalized spacial score (nSPS) is 15.8. The Kier molecular flexibility index (Phi) is 2.18. The molecule has 0 aromatic heterocycles. The summed E-state index contributed by atoms with van der Waals surface area (Å²) < 4.78 is 0. The van der Waals surface area contributed by atoms with Crippen LogP contribution < -0.4 is 5.32 Å². The van der Waals surface area contributed by atoms with Crippen molar-refractivity contribution in [2.45, 2.75) is 20.8 Å². The molecule has 0 atom stereocenters. The summed E-state index contributed by atoms with van der Waals surface area (Å²) in [5.41, 5.74) is 3.51. The van der Waals surface area contributed by atoms with E-state index in [2.05, 4.69) is 11.9 Å². The van der Waals surface area contributed by atoms with Gasteiger partial charge in [-0.1, -0.05) is 12.2 Å². The summed E-state index contributed by atoms with van der Waals surface area (Å²) in [6.45, 7) is 9.49. The minimum atomic E-state index is -0.0429. The van der Waals surface area contributed by atoms with E-state index in [0.29, 0.717) is 5.57 Å². The standard InChI is InChI=1S/C10H13NO/c1-6(2)8-5-9(7(3)4)11-10(8)12/h5H,1H2,2-4H3,(H,11,12). The van der Waals surface area contributed by atoms with Crippen LogP contribution in [0.5, 0.6) is 0 Å². The zero-order valence-corrected chi connectivity index (χ0v) is 7.69. The molecule has 1 N–H and O–H groups in total. The summed E-state index contributed by atoms with van der Waals surface area (Å²) in [6, 6.07) is 0. The van der Waals surface area contributed by atoms with Crippen LogP contribution in [0, 0.1) is 0 Å². The van der Waals surface area contributed by atoms with Gasteiger partial charge in [0.05, 0.1) is 0 Å². The first-order valence-corrected chi connectivity index (χ1v) is 3.89. The Bertz CT molecular complexity index is 304. The lowest BCUT2D eigenvalue weighted by atomic mass is 10.1. The number of nitrogens with one attached hydrogen (secondary N) is 1. The van der Waals surface area contributed by atoms with E-state index in [1.54, 1.807) is 0 Å². The molecule has 2 heteroatoms. The van der Waals surface area contributed by atoms with E-state index < -0.39 is 0 Å². The van der Waals surface area contributed by atoms with Gasteiger partial charge >= 0.3 is 0 Å². The van der Waals surface area contributed by atoms with Crippen LogP contribution in [0.3, 0.4) is 0 Å². The highest BCUT2D eigenvalue weighted by atomic mass is 16.1. The molecule has 0 aromatic carbocycles. The van der Waals surface area contributed by atoms with Crippen LogP contribution in [-0.4, -0.2) is 5.91 Å². The largest absolute Gasteiger partial charge is 0.322 e. The molecule has 1 amide bonds. The molecule has 0 aromatic rings. The Labute approximate surface area is 72.7 Å². The summed E-state index contributed by atoms with van der Waals surface area (Å²) in [5.74, 6) is -0.0429. The van der Waals surface area contributed by atoms with Crippen LogP contribution in [0.15, 0.2) is 35.1 Å². The third-order valence-electron chi connectivity index (χ3n) is 1.78. The number of hydrogen-bond donors (Lipinski definition) is 1. The Morgan fingerprint density at radius 1 is 1.42 bits per heavy atom. The number of allylic oxidation sites excluding steroid dienone is 2. The van der Waals surface area contributed by atoms with Crippen LogP contribution in [-0.2, 0) is 4.79 Å². The van der Waals surface area contributed by atoms with Gasteiger partial charge in [-0.2, -0.15) is 0 Å². The highest BCUT2D eigenvalue weighted by Crippen LogP contribution is 2.18. The Morgan fingerprint density at radius 3 is 2.25 bits per heavy atom. The summed E-state index contributed by atoms with van der Waals surface area (Å²) in [4.78, 5) is 11.3. The van der Waals surface area contributed by atoms with E-state index in [0.717, 1.165) is 16.8 Å². The van der Waals surface area contributed by atoms with Crippen molar-refractivity contribution in [2.24, 2.45) is 0 Å². The zero-order chi connectivity index (χ0) is 9.30. The molecule has 0 fully saturated rings. The maximum absolute atomic E-state index is 11.3. The van der Waals surface area contributed by atoms with Crippen molar-refractivity contribution in [1.29, 1.82) is 0 Å². The molecular weight excluding hydrogens is 150 g/mol. The predicted molar refractivity (Wildman–Crippen MR) is 49.4 cm³/mol. The third-order valence-corrected chi connectivity index (χ3v) is 1.78. The quantitative estimate of drug-likeness (QED) is 0.628. The van der Waals surface area contributed by atoms with Gasteiger partial charge in [-0.15, -0.1) is 0 Å². The number of carbonyl (C=O) groups is 1. The monoisotopic (exact) mass is 163 g/mol. The number of amides is 1. The lowest BCUT2D eigenvalue weighted by Crippen LogP contribution is -2.17. The van der Waals surface area contributed by atoms with Crippen molar-refractivity contribution in [2.75, 3.05) is 0 Å². The number of carbonyl (C=O) groups excluding carboxylic acids is 1. The van der Waals surface area contributed by atoms with Crippen molar-refractivity contribution in [1.82, 2.24) is 5.32 Å². The van der Waals surface area contributed by atoms with Crippen LogP contribution >= 0.6 is 0 Å². The second kappa shape index (κ2) is 2.97. The lowest BCUT2D eigenvalue weighted by Gasteiger charge is -1.97. The van der Waals surface area contributed by atoms with Crippen LogP contribution in [0.1, 0.15) is 20.8 Å². The van der Waals surface area contributed by atoms with Gasteiger partial charge in [0, 0.05) is 11.3 Å². The average molecular weight is 163 g/mol. The van der Waals surface area contributed by atoms with Gasteiger partial charge in [0.15, 0.2) is 0 Å². The SMILES string of the molecule is C=C(C)C1=CC(=C(C)C)NC1=O. The van der Waals surface area contributed by atoms with E-state index >= 15 is 0 Å². The smallest absolute Gasteiger partial charge is 0.255 e. The molecule has 0 saturated carbocycles. The fourth-order valence-corrected chi connectivity index (χ4v) is 1.02. The summed E-state index contributed by atoms with van der Waals surface area (Å²) >= 11 is 0. The Balaban J connectivity index is 3.05. The predicted octanol–water partition coefficient (Wildman–Crippen LogP) is 1.91. The third kappa shape index (κ3) is 1.47. The molecule has 1 heterocycles. The molecule has 1 rings (SSSR count). The molecular formula is C10H13NO. The second-order valence-electron chi connectivity index (χ2n) is 3.21. The van der Waals surface area contributed by atoms with Gasteiger partial charge in [-0.25, -0.2) is 0 Å². The van der Waals surface area contributed by atoms with Crippen molar-refractivity contribution in [3.8, 4) is 0 Å². The fraction of sp³-hybridized carbons (Fsp3) is 0.300. The van der Waals surface area contributed by atoms with E-state index in [4.69, 9.17) is 0 Å². The summed E-state index contributed by atoms with van der Waals surface area (Å²) in [5, 5.41) is 2.77. The van der Waals surface area contributed by atoms with Crippen molar-refractivity contribution >= 4 is 5.91 Å². The van der Waals surface area contributed by atoms with Gasteiger partial charge in [-0.3, -0.25) is 4.79 Å². The molecule has 1 aliphatic rings. The molecule has 0 radical (unpaired) electrons. The Morgan fingerprint density at radius 2 is 2.00 bits per heavy atom. The van der Waals surface area contributed by atoms with Gasteiger partial charge < -0.3 is 5.32 Å². The maximum atomic E-state index is 11.3. The van der Waals surface area contributed by atoms with E-state index in [1.165, 1.54) is 0 Å². The number of rotatable bonds is 1. The Hall–Kier alpha value is -1.31. The van der Waals surface area contributed by atoms with Gasteiger partial charge in [0.2, 0.25) is 0 Å². The summed E-state index contributed by atoms with van der Waals surface area (Å²) in [7, 11) is 0. The van der Waals surface area contributed by atoms with Crippen molar-refractivity contribution in [3.63, 3.8) is 0 Å². The molecule has 64 valence electrons. The summed E-state index contributed by atoms with van der Waals surface area (Å²) in [6.07, 6.45) is 1.85. The molecule has 0 aliphatic carbocycles. The highest BCUT2D eigenvalue weighted by Gasteiger charge is 2.18. The lowest BCUT2D eigenvalue weighted by molar-refractivity contribution is -0.116. The van der Waals surface area contributed by atoms with Crippen LogP contribution in [0.25, 0.3) is 0 Å². The van der Waals surface area contributed by atoms with E-state index in [9.17, 15) is 4.79 Å². The van der Waals surface area contributed by atoms with Crippen LogP contribution in [0.4, 0.5) is 0 Å². The molecule has 0 bridgehead atoms. The second-order valence-corrected chi connectivity index (χ2v) is 3.21. The minimum absolute atomic E-state index is 0.0429. The van der Waals surface area contributed by atoms with Crippen molar-refractivity contribution < 1.29 is 4.79 Å². The average Bonchev–Trinajstić information content (AvgIpc) is 2.30. The first-order valence-electron chi connectivity index (χ1n) is 3.89. The van der Waals surface area contributed by atoms with Gasteiger partial charge in [0.1, 0.15) is 0 Å². The topological polar surface area (TPSA) is 29.1 Å². The first kappa shape index (κ1) is 8.78. The molecule has 1 aliphatic heterocycles. The van der Waals surface area contributed by atoms with Crippen molar-refractivity contribution in [3.05, 3.63) is 35.1 Å². The highest BCUT2D eigenvalue weighted by molar-refractivity contribution is 6.02. The van der Waals surface area contributed by atoms with E-state index in [-0.39, 0.29) is 5.91 Å². The molecule has 0 saturated heterocycles.